The number of hydrazine groups is 1. The van der Waals surface area contributed by atoms with Gasteiger partial charge in [-0.05, 0) is 65.3 Å². The molecule has 108 heavy (non-hydrogen) atoms. The smallest absolute Gasteiger partial charge is 0.314 e. The highest BCUT2D eigenvalue weighted by Gasteiger charge is 2.55. The van der Waals surface area contributed by atoms with Gasteiger partial charge in [-0.25, -0.2) is 10.2 Å². The highest BCUT2D eigenvalue weighted by Crippen LogP contribution is 2.34. The summed E-state index contributed by atoms with van der Waals surface area (Å²) in [6, 6.07) is -1.04. The van der Waals surface area contributed by atoms with Gasteiger partial charge in [0.05, 0.1) is 58.9 Å². The highest BCUT2D eigenvalue weighted by atomic mass is 16.8. The molecule has 0 bridgehead atoms. The van der Waals surface area contributed by atoms with Crippen LogP contribution < -0.4 is 32.5 Å². The summed E-state index contributed by atoms with van der Waals surface area (Å²) in [6.45, 7) is 0.00839. The summed E-state index contributed by atoms with van der Waals surface area (Å²) < 4.78 is 66.5. The summed E-state index contributed by atoms with van der Waals surface area (Å²) in [5, 5.41) is 213. The number of carbonyl (C=O) groups excluding carboxylic acids is 5. The molecule has 0 aromatic heterocycles. The average Bonchev–Trinajstić information content (AvgIpc) is 0.776. The first-order valence-corrected chi connectivity index (χ1v) is 36.6. The van der Waals surface area contributed by atoms with Crippen molar-refractivity contribution in [1.29, 1.82) is 0 Å². The van der Waals surface area contributed by atoms with Crippen LogP contribution in [-0.2, 0) is 76.0 Å². The minimum absolute atomic E-state index is 0.00423. The van der Waals surface area contributed by atoms with E-state index in [0.717, 1.165) is 32.1 Å². The molecule has 6 aliphatic heterocycles. The number of Topliss-reactive ketones (excluding diaryl/α,β-unsaturated/α-hetero) is 2. The SMILES string of the molecule is CC(=O)[C@H](CCCCN)NNC(=O)CCCCCNC(=O)NCCO[C@@H]1O[C@H](CO[C@H]2O[C@H](CO)[C@@H](O)[C@H](O)[C@@H]2O)[C@@H](O)[C@H](O[C@H]2O[C@H](CO)[C@@H](O)[C@H](O)[C@@H]2O)[C@@H]1O.CCNC(=O)CCCCCCC(=O)CCCO[C@@H]1O[C@H](CO[C@H]2O[C@H](CO)[C@@H](O)[C@H](O)[C@@H]2O)[C@@H](O)[C@H](O[C@H]2O[C@H](CO)[C@@H](O)[C@H](O)[C@@H]2O)[C@@H]1O. The molecule has 0 spiro atoms. The van der Waals surface area contributed by atoms with Crippen LogP contribution in [0.5, 0.6) is 0 Å². The minimum Gasteiger partial charge on any atom is -0.394 e. The lowest BCUT2D eigenvalue weighted by Gasteiger charge is -2.46. The van der Waals surface area contributed by atoms with Crippen LogP contribution in [0.3, 0.4) is 0 Å². The molecule has 0 saturated carbocycles. The first-order chi connectivity index (χ1) is 51.5. The van der Waals surface area contributed by atoms with E-state index in [0.29, 0.717) is 58.0 Å². The van der Waals surface area contributed by atoms with E-state index in [2.05, 4.69) is 26.8 Å². The fourth-order valence-corrected chi connectivity index (χ4v) is 12.3. The molecule has 27 N–H and O–H groups in total. The van der Waals surface area contributed by atoms with Crippen molar-refractivity contribution >= 4 is 29.4 Å². The van der Waals surface area contributed by atoms with Crippen LogP contribution in [-0.4, -0.2) is 401 Å². The van der Waals surface area contributed by atoms with Crippen LogP contribution >= 0.6 is 0 Å². The van der Waals surface area contributed by atoms with Gasteiger partial charge in [0.1, 0.15) is 158 Å². The topological polar surface area (TPSA) is 687 Å². The lowest BCUT2D eigenvalue weighted by atomic mass is 9.96. The van der Waals surface area contributed by atoms with E-state index in [4.69, 9.17) is 62.6 Å². The monoisotopic (exact) mass is 1570 g/mol. The van der Waals surface area contributed by atoms with Gasteiger partial charge in [-0.3, -0.25) is 24.6 Å². The van der Waals surface area contributed by atoms with Gasteiger partial charge in [0.2, 0.25) is 11.8 Å². The zero-order valence-electron chi connectivity index (χ0n) is 60.5. The molecule has 6 rings (SSSR count). The Balaban J connectivity index is 0.000000391. The number of aliphatic hydroxyl groups is 20. The first kappa shape index (κ1) is 94.8. The van der Waals surface area contributed by atoms with Gasteiger partial charge in [-0.2, -0.15) is 0 Å². The summed E-state index contributed by atoms with van der Waals surface area (Å²) in [6.07, 6.45) is -41.6. The Kier molecular flexibility index (Phi) is 43.1. The maximum absolute atomic E-state index is 12.4. The normalized spacial score (nSPS) is 37.5. The molecule has 4 amide bonds. The van der Waals surface area contributed by atoms with Crippen LogP contribution in [0, 0.1) is 0 Å². The third-order valence-electron chi connectivity index (χ3n) is 18.8. The predicted octanol–water partition coefficient (Wildman–Crippen LogP) is -11.7. The first-order valence-electron chi connectivity index (χ1n) is 36.6. The zero-order valence-corrected chi connectivity index (χ0v) is 60.5. The number of rotatable bonds is 44. The molecule has 6 heterocycles. The number of unbranched alkanes of at least 4 members (excludes halogenated alkanes) is 6. The van der Waals surface area contributed by atoms with E-state index in [1.165, 1.54) is 6.92 Å². The van der Waals surface area contributed by atoms with Crippen LogP contribution in [0.1, 0.15) is 110 Å². The number of nitrogens with two attached hydrogens (primary N) is 1. The Hall–Kier alpha value is -3.81. The lowest BCUT2D eigenvalue weighted by molar-refractivity contribution is -0.366. The van der Waals surface area contributed by atoms with E-state index >= 15 is 0 Å². The molecule has 0 unspecified atom stereocenters. The molecule has 6 fully saturated rings. The van der Waals surface area contributed by atoms with Gasteiger partial charge in [0, 0.05) is 45.3 Å². The van der Waals surface area contributed by atoms with E-state index in [-0.39, 0.29) is 68.9 Å². The Morgan fingerprint density at radius 3 is 1.19 bits per heavy atom. The number of urea groups is 1. The summed E-state index contributed by atoms with van der Waals surface area (Å²) >= 11 is 0. The van der Waals surface area contributed by atoms with Gasteiger partial charge in [-0.15, -0.1) is 0 Å². The van der Waals surface area contributed by atoms with Gasteiger partial charge >= 0.3 is 6.03 Å². The van der Waals surface area contributed by atoms with Crippen molar-refractivity contribution in [2.75, 3.05) is 79.0 Å². The fraction of sp³-hybridized carbons (Fsp3) is 0.923. The Labute approximate surface area is 622 Å². The summed E-state index contributed by atoms with van der Waals surface area (Å²) in [4.78, 5) is 60.2. The van der Waals surface area contributed by atoms with Crippen LogP contribution in [0.4, 0.5) is 4.79 Å². The Morgan fingerprint density at radius 2 is 0.759 bits per heavy atom. The molecular weight excluding hydrogens is 1460 g/mol. The molecule has 43 nitrogen and oxygen atoms in total. The summed E-state index contributed by atoms with van der Waals surface area (Å²) in [5.74, 6) is -0.359. The Morgan fingerprint density at radius 1 is 0.380 bits per heavy atom. The quantitative estimate of drug-likeness (QED) is 0.0199. The van der Waals surface area contributed by atoms with E-state index in [1.54, 1.807) is 0 Å². The second-order valence-corrected chi connectivity index (χ2v) is 27.1. The molecule has 6 aliphatic rings. The summed E-state index contributed by atoms with van der Waals surface area (Å²) in [7, 11) is 0. The van der Waals surface area contributed by atoms with Gasteiger partial charge < -0.3 is 181 Å². The molecular formula is C65H118N6O37. The molecule has 0 aromatic carbocycles. The van der Waals surface area contributed by atoms with Crippen molar-refractivity contribution in [3.05, 3.63) is 0 Å². The molecule has 43 heteroatoms. The second kappa shape index (κ2) is 49.1. The molecule has 31 atom stereocenters. The van der Waals surface area contributed by atoms with Crippen LogP contribution in [0.15, 0.2) is 0 Å². The standard InChI is InChI=1S/C34H63N5O19.C31H55NO18/c1-16(42)17(7-4-5-9-35)38-39-21(43)8-3-2-6-10-36-34(52)37-11-12-53-32-29(51)30(58-33-28(50)26(48)23(45)19(14-41)56-33)24(46)20(57-32)15-54-31-27(49)25(47)22(44)18(13-40)55-31;1-2-32-19(36)10-6-4-3-5-8-15(35)9-7-11-45-30-27(44)28(50-31-26(43)24(41)21(38)17(13-34)48-31)22(39)18(49-30)14-46-29-25(42)23(40)20(37)16(12-33)47-29/h17-20,22-33,38,40-41,44-51H,2-15,35H2,1H3,(H,39,43)(H2,36,37,52);16-18,20-31,33-34,37-44H,2-14H2,1H3,(H,32,36)/t17-,18+,19+,20+,22+,23+,24+,25-,26-,27-,28-,29-,30-,31-,32+,33+;16-,17-,18-,20-,21-,22-,23+,24+,25+,26+,27+,28+,29+,30-,31-/m01/s1. The molecule has 630 valence electrons. The van der Waals surface area contributed by atoms with Crippen LogP contribution in [0.2, 0.25) is 0 Å². The number of nitrogens with one attached hydrogen (secondary N) is 5. The van der Waals surface area contributed by atoms with Gasteiger partial charge in [-0.1, -0.05) is 25.7 Å². The highest BCUT2D eigenvalue weighted by molar-refractivity contribution is 5.82. The van der Waals surface area contributed by atoms with E-state index in [9.17, 15) is 126 Å². The number of ketones is 2. The van der Waals surface area contributed by atoms with Crippen molar-refractivity contribution in [3.8, 4) is 0 Å². The zero-order chi connectivity index (χ0) is 79.9. The van der Waals surface area contributed by atoms with E-state index in [1.807, 2.05) is 6.92 Å². The van der Waals surface area contributed by atoms with Crippen molar-refractivity contribution < 1.29 is 183 Å². The maximum atomic E-state index is 12.4. The number of carbonyl (C=O) groups is 5. The number of aliphatic hydroxyl groups excluding tert-OH is 20. The average molecular weight is 1580 g/mol. The number of hydrogen-bond acceptors (Lipinski definition) is 39. The predicted molar refractivity (Wildman–Crippen MR) is 359 cm³/mol. The summed E-state index contributed by atoms with van der Waals surface area (Å²) in [5.41, 5.74) is 10.8. The van der Waals surface area contributed by atoms with Gasteiger partial charge in [0.15, 0.2) is 37.7 Å². The lowest BCUT2D eigenvalue weighted by Crippen LogP contribution is -2.65. The van der Waals surface area contributed by atoms with Gasteiger partial charge in [0.25, 0.3) is 0 Å². The van der Waals surface area contributed by atoms with Crippen molar-refractivity contribution in [2.24, 2.45) is 5.73 Å². The van der Waals surface area contributed by atoms with Crippen molar-refractivity contribution in [1.82, 2.24) is 26.8 Å². The third kappa shape index (κ3) is 28.6. The third-order valence-corrected chi connectivity index (χ3v) is 18.8. The maximum Gasteiger partial charge on any atom is 0.314 e. The number of ether oxygens (including phenoxy) is 12. The molecule has 0 aromatic rings. The minimum atomic E-state index is -1.91. The fourth-order valence-electron chi connectivity index (χ4n) is 12.3. The largest absolute Gasteiger partial charge is 0.394 e. The molecule has 0 radical (unpaired) electrons. The van der Waals surface area contributed by atoms with Crippen molar-refractivity contribution in [3.63, 3.8) is 0 Å². The van der Waals surface area contributed by atoms with E-state index < -0.39 is 236 Å². The molecule has 0 aliphatic carbocycles. The van der Waals surface area contributed by atoms with Crippen LogP contribution in [0.25, 0.3) is 0 Å². The number of hydrogen-bond donors (Lipinski definition) is 26. The van der Waals surface area contributed by atoms with Crippen molar-refractivity contribution in [2.45, 2.75) is 300 Å². The number of amides is 4. The molecule has 6 saturated heterocycles. The second-order valence-electron chi connectivity index (χ2n) is 27.1. The Bertz CT molecular complexity index is 2570.